The van der Waals surface area contributed by atoms with Crippen LogP contribution in [0, 0.1) is 21.7 Å². The summed E-state index contributed by atoms with van der Waals surface area (Å²) in [5.74, 6) is -1.79. The lowest BCUT2D eigenvalue weighted by atomic mass is 10.00. The average molecular weight is 418 g/mol. The van der Waals surface area contributed by atoms with Gasteiger partial charge in [0.1, 0.15) is 0 Å². The van der Waals surface area contributed by atoms with Gasteiger partial charge in [-0.25, -0.2) is 8.78 Å². The summed E-state index contributed by atoms with van der Waals surface area (Å²) in [5, 5.41) is 11.7. The molecule has 0 fully saturated rings. The van der Waals surface area contributed by atoms with Crippen LogP contribution in [0.4, 0.5) is 14.5 Å². The molecular formula is C21H18ClF2N3O2. The molecule has 4 rings (SSSR count). The molecule has 0 spiro atoms. The van der Waals surface area contributed by atoms with Crippen LogP contribution in [0.25, 0.3) is 0 Å². The van der Waals surface area contributed by atoms with Crippen LogP contribution in [0.2, 0.25) is 5.02 Å². The van der Waals surface area contributed by atoms with E-state index in [1.807, 2.05) is 18.3 Å². The van der Waals surface area contributed by atoms with Gasteiger partial charge in [-0.3, -0.25) is 15.0 Å². The molecular weight excluding hydrogens is 400 g/mol. The number of hydrogen-bond donors (Lipinski definition) is 0. The highest BCUT2D eigenvalue weighted by Crippen LogP contribution is 2.38. The lowest BCUT2D eigenvalue weighted by molar-refractivity contribution is -0.384. The van der Waals surface area contributed by atoms with Crippen LogP contribution < -0.4 is 0 Å². The Morgan fingerprint density at radius 2 is 1.93 bits per heavy atom. The first-order valence-corrected chi connectivity index (χ1v) is 9.58. The molecule has 0 bridgehead atoms. The third kappa shape index (κ3) is 3.88. The normalized spacial score (nSPS) is 17.0. The summed E-state index contributed by atoms with van der Waals surface area (Å²) in [4.78, 5) is 13.0. The van der Waals surface area contributed by atoms with Gasteiger partial charge in [-0.2, -0.15) is 0 Å². The minimum atomic E-state index is -0.898. The molecule has 1 unspecified atom stereocenters. The maximum atomic E-state index is 13.7. The first kappa shape index (κ1) is 19.5. The van der Waals surface area contributed by atoms with Crippen LogP contribution in [0.3, 0.4) is 0 Å². The van der Waals surface area contributed by atoms with E-state index < -0.39 is 16.6 Å². The van der Waals surface area contributed by atoms with E-state index in [9.17, 15) is 18.9 Å². The second kappa shape index (κ2) is 7.93. The van der Waals surface area contributed by atoms with Crippen LogP contribution in [-0.2, 0) is 13.1 Å². The first-order valence-electron chi connectivity index (χ1n) is 9.21. The SMILES string of the molecule is O=[N+]([O-])c1ccc(Cl)c(C2c3cccn3CCCN2Cc2ccc(F)c(F)c2)c1. The second-order valence-electron chi connectivity index (χ2n) is 7.06. The van der Waals surface area contributed by atoms with Crippen LogP contribution in [0.1, 0.15) is 29.3 Å². The second-order valence-corrected chi connectivity index (χ2v) is 7.47. The van der Waals surface area contributed by atoms with Crippen LogP contribution >= 0.6 is 11.6 Å². The number of rotatable bonds is 4. The number of halogens is 3. The number of benzene rings is 2. The van der Waals surface area contributed by atoms with Crippen molar-refractivity contribution in [2.24, 2.45) is 0 Å². The summed E-state index contributed by atoms with van der Waals surface area (Å²) in [7, 11) is 0. The summed E-state index contributed by atoms with van der Waals surface area (Å²) in [5.41, 5.74) is 2.15. The van der Waals surface area contributed by atoms with Crippen LogP contribution in [0.15, 0.2) is 54.7 Å². The number of aryl methyl sites for hydroxylation is 1. The van der Waals surface area contributed by atoms with Gasteiger partial charge in [0.15, 0.2) is 11.6 Å². The van der Waals surface area contributed by atoms with Gasteiger partial charge in [0, 0.05) is 54.2 Å². The van der Waals surface area contributed by atoms with Crippen molar-refractivity contribution in [1.29, 1.82) is 0 Å². The molecule has 1 atom stereocenters. The van der Waals surface area contributed by atoms with Gasteiger partial charge in [-0.1, -0.05) is 17.7 Å². The minimum Gasteiger partial charge on any atom is -0.350 e. The van der Waals surface area contributed by atoms with Crippen LogP contribution in [-0.4, -0.2) is 20.9 Å². The van der Waals surface area contributed by atoms with Gasteiger partial charge < -0.3 is 4.57 Å². The molecule has 0 saturated carbocycles. The Morgan fingerprint density at radius 3 is 2.69 bits per heavy atom. The number of hydrogen-bond acceptors (Lipinski definition) is 3. The van der Waals surface area contributed by atoms with Crippen molar-refractivity contribution in [3.8, 4) is 0 Å². The molecule has 8 heteroatoms. The van der Waals surface area contributed by atoms with Gasteiger partial charge in [-0.05, 0) is 42.3 Å². The number of nitro benzene ring substituents is 1. The van der Waals surface area contributed by atoms with Gasteiger partial charge in [-0.15, -0.1) is 0 Å². The number of nitrogens with zero attached hydrogens (tertiary/aromatic N) is 3. The summed E-state index contributed by atoms with van der Waals surface area (Å²) in [6.45, 7) is 1.82. The number of aromatic nitrogens is 1. The zero-order valence-electron chi connectivity index (χ0n) is 15.4. The van der Waals surface area contributed by atoms with E-state index in [0.29, 0.717) is 29.2 Å². The molecule has 1 aliphatic rings. The summed E-state index contributed by atoms with van der Waals surface area (Å²) in [6.07, 6.45) is 2.81. The molecule has 29 heavy (non-hydrogen) atoms. The molecule has 0 aliphatic carbocycles. The predicted molar refractivity (Wildman–Crippen MR) is 106 cm³/mol. The fraction of sp³-hybridized carbons (Fsp3) is 0.238. The van der Waals surface area contributed by atoms with E-state index in [1.165, 1.54) is 24.3 Å². The minimum absolute atomic E-state index is 0.0421. The molecule has 0 N–H and O–H groups in total. The van der Waals surface area contributed by atoms with Crippen LogP contribution in [0.5, 0.6) is 0 Å². The molecule has 0 saturated heterocycles. The van der Waals surface area contributed by atoms with Crippen molar-refractivity contribution in [2.75, 3.05) is 6.54 Å². The van der Waals surface area contributed by atoms with E-state index in [4.69, 9.17) is 11.6 Å². The third-order valence-electron chi connectivity index (χ3n) is 5.21. The molecule has 1 aromatic heterocycles. The van der Waals surface area contributed by atoms with E-state index in [-0.39, 0.29) is 11.7 Å². The highest BCUT2D eigenvalue weighted by molar-refractivity contribution is 6.31. The molecule has 1 aliphatic heterocycles. The highest BCUT2D eigenvalue weighted by Gasteiger charge is 2.30. The maximum absolute atomic E-state index is 13.7. The Morgan fingerprint density at radius 1 is 1.10 bits per heavy atom. The standard InChI is InChI=1S/C21H18ClF2N3O2/c22-17-6-5-15(27(28)29)12-16(17)21-20-3-1-8-25(20)9-2-10-26(21)13-14-4-7-18(23)19(24)11-14/h1,3-8,11-12,21H,2,9-10,13H2. The maximum Gasteiger partial charge on any atom is 0.269 e. The van der Waals surface area contributed by atoms with E-state index >= 15 is 0 Å². The Bertz CT molecular complexity index is 1070. The van der Waals surface area contributed by atoms with Crippen molar-refractivity contribution in [3.63, 3.8) is 0 Å². The fourth-order valence-electron chi connectivity index (χ4n) is 3.89. The largest absolute Gasteiger partial charge is 0.350 e. The van der Waals surface area contributed by atoms with Crippen molar-refractivity contribution in [2.45, 2.75) is 25.6 Å². The molecule has 3 aromatic rings. The summed E-state index contributed by atoms with van der Waals surface area (Å²) < 4.78 is 29.2. The zero-order valence-corrected chi connectivity index (χ0v) is 16.1. The van der Waals surface area contributed by atoms with E-state index in [0.717, 1.165) is 24.7 Å². The van der Waals surface area contributed by atoms with Crippen molar-refractivity contribution in [3.05, 3.63) is 98.3 Å². The van der Waals surface area contributed by atoms with Gasteiger partial charge in [0.05, 0.1) is 11.0 Å². The van der Waals surface area contributed by atoms with Gasteiger partial charge in [0.2, 0.25) is 0 Å². The lowest BCUT2D eigenvalue weighted by Gasteiger charge is -2.31. The predicted octanol–water partition coefficient (Wildman–Crippen LogP) is 5.32. The Balaban J connectivity index is 1.80. The Labute approximate surface area is 171 Å². The molecule has 2 aromatic carbocycles. The molecule has 0 radical (unpaired) electrons. The zero-order chi connectivity index (χ0) is 20.5. The quantitative estimate of drug-likeness (QED) is 0.426. The average Bonchev–Trinajstić information content (AvgIpc) is 3.07. The highest BCUT2D eigenvalue weighted by atomic mass is 35.5. The monoisotopic (exact) mass is 417 g/mol. The molecule has 150 valence electrons. The number of fused-ring (bicyclic) bond motifs is 1. The summed E-state index contributed by atoms with van der Waals surface area (Å²) >= 11 is 6.47. The Hall–Kier alpha value is -2.77. The van der Waals surface area contributed by atoms with Crippen molar-refractivity contribution in [1.82, 2.24) is 9.47 Å². The molecule has 0 amide bonds. The first-order chi connectivity index (χ1) is 13.9. The van der Waals surface area contributed by atoms with Gasteiger partial charge in [0.25, 0.3) is 5.69 Å². The molecule has 5 nitrogen and oxygen atoms in total. The van der Waals surface area contributed by atoms with Gasteiger partial charge >= 0.3 is 0 Å². The smallest absolute Gasteiger partial charge is 0.269 e. The number of nitro groups is 1. The lowest BCUT2D eigenvalue weighted by Crippen LogP contribution is -2.29. The number of non-ortho nitro benzene ring substituents is 1. The topological polar surface area (TPSA) is 51.3 Å². The molecule has 2 heterocycles. The third-order valence-corrected chi connectivity index (χ3v) is 5.55. The van der Waals surface area contributed by atoms with E-state index in [1.54, 1.807) is 6.07 Å². The fourth-order valence-corrected chi connectivity index (χ4v) is 4.11. The van der Waals surface area contributed by atoms with E-state index in [2.05, 4.69) is 9.47 Å². The summed E-state index contributed by atoms with van der Waals surface area (Å²) in [6, 6.07) is 11.8. The Kier molecular flexibility index (Phi) is 5.34. The van der Waals surface area contributed by atoms with Crippen molar-refractivity contribution < 1.29 is 13.7 Å². The van der Waals surface area contributed by atoms with Crippen molar-refractivity contribution >= 4 is 17.3 Å².